The van der Waals surface area contributed by atoms with Crippen molar-refractivity contribution in [3.63, 3.8) is 0 Å². The van der Waals surface area contributed by atoms with E-state index in [0.29, 0.717) is 0 Å². The minimum absolute atomic E-state index is 0.173. The summed E-state index contributed by atoms with van der Waals surface area (Å²) in [4.78, 5) is 0. The van der Waals surface area contributed by atoms with Gasteiger partial charge in [0.1, 0.15) is 5.82 Å². The lowest BCUT2D eigenvalue weighted by Gasteiger charge is -2.19. The number of benzene rings is 2. The van der Waals surface area contributed by atoms with Gasteiger partial charge < -0.3 is 5.32 Å². The third-order valence-corrected chi connectivity index (χ3v) is 3.57. The van der Waals surface area contributed by atoms with Gasteiger partial charge in [-0.25, -0.2) is 4.39 Å². The quantitative estimate of drug-likeness (QED) is 0.809. The van der Waals surface area contributed by atoms with Crippen molar-refractivity contribution in [1.82, 2.24) is 5.32 Å². The van der Waals surface area contributed by atoms with Crippen LogP contribution in [0.2, 0.25) is 5.02 Å². The van der Waals surface area contributed by atoms with Gasteiger partial charge in [0.2, 0.25) is 0 Å². The van der Waals surface area contributed by atoms with Gasteiger partial charge in [-0.3, -0.25) is 0 Å². The monoisotopic (exact) mass is 291 g/mol. The Kier molecular flexibility index (Phi) is 5.57. The van der Waals surface area contributed by atoms with Gasteiger partial charge in [-0.2, -0.15) is 0 Å². The maximum atomic E-state index is 13.5. The van der Waals surface area contributed by atoms with Crippen molar-refractivity contribution in [3.05, 3.63) is 70.5 Å². The lowest BCUT2D eigenvalue weighted by Crippen LogP contribution is -2.24. The molecule has 0 aliphatic rings. The molecular formula is C17H19ClFN. The first kappa shape index (κ1) is 15.0. The Balaban J connectivity index is 2.17. The van der Waals surface area contributed by atoms with Crippen LogP contribution in [0, 0.1) is 5.82 Å². The molecule has 2 rings (SSSR count). The van der Waals surface area contributed by atoms with Crippen LogP contribution in [0.4, 0.5) is 4.39 Å². The van der Waals surface area contributed by atoms with E-state index in [0.717, 1.165) is 24.9 Å². The average molecular weight is 292 g/mol. The standard InChI is InChI=1S/C17H19ClFN/c1-2-10-20-17(14-6-4-3-5-7-14)12-13-8-9-15(18)16(19)11-13/h3-9,11,17,20H,2,10,12H2,1H3. The van der Waals surface area contributed by atoms with Gasteiger partial charge in [0, 0.05) is 6.04 Å². The van der Waals surface area contributed by atoms with Crippen molar-refractivity contribution in [2.75, 3.05) is 6.54 Å². The summed E-state index contributed by atoms with van der Waals surface area (Å²) in [5.74, 6) is -0.355. The fourth-order valence-electron chi connectivity index (χ4n) is 2.21. The van der Waals surface area contributed by atoms with Crippen LogP contribution >= 0.6 is 11.6 Å². The lowest BCUT2D eigenvalue weighted by atomic mass is 9.98. The maximum absolute atomic E-state index is 13.5. The van der Waals surface area contributed by atoms with Gasteiger partial charge in [-0.05, 0) is 42.6 Å². The number of hydrogen-bond acceptors (Lipinski definition) is 1. The van der Waals surface area contributed by atoms with Crippen LogP contribution in [0.25, 0.3) is 0 Å². The first-order valence-electron chi connectivity index (χ1n) is 6.93. The highest BCUT2D eigenvalue weighted by Gasteiger charge is 2.12. The van der Waals surface area contributed by atoms with Crippen molar-refractivity contribution >= 4 is 11.6 Å². The second-order valence-electron chi connectivity index (χ2n) is 4.87. The molecule has 0 amide bonds. The van der Waals surface area contributed by atoms with E-state index in [-0.39, 0.29) is 16.9 Å². The largest absolute Gasteiger partial charge is 0.310 e. The number of hydrogen-bond donors (Lipinski definition) is 1. The van der Waals surface area contributed by atoms with E-state index in [4.69, 9.17) is 11.6 Å². The molecule has 0 fully saturated rings. The summed E-state index contributed by atoms with van der Waals surface area (Å²) >= 11 is 5.73. The van der Waals surface area contributed by atoms with Crippen molar-refractivity contribution in [2.24, 2.45) is 0 Å². The third-order valence-electron chi connectivity index (χ3n) is 3.27. The van der Waals surface area contributed by atoms with Crippen LogP contribution in [0.3, 0.4) is 0 Å². The zero-order chi connectivity index (χ0) is 14.4. The Labute approximate surface area is 124 Å². The van der Waals surface area contributed by atoms with E-state index >= 15 is 0 Å². The Morgan fingerprint density at radius 1 is 1.15 bits per heavy atom. The molecule has 106 valence electrons. The summed E-state index contributed by atoms with van der Waals surface area (Å²) < 4.78 is 13.5. The molecule has 0 radical (unpaired) electrons. The molecule has 20 heavy (non-hydrogen) atoms. The summed E-state index contributed by atoms with van der Waals surface area (Å²) in [6.45, 7) is 3.08. The van der Waals surface area contributed by atoms with Crippen LogP contribution in [0.5, 0.6) is 0 Å². The lowest BCUT2D eigenvalue weighted by molar-refractivity contribution is 0.527. The van der Waals surface area contributed by atoms with E-state index in [1.165, 1.54) is 11.6 Å². The second-order valence-corrected chi connectivity index (χ2v) is 5.28. The summed E-state index contributed by atoms with van der Waals surface area (Å²) in [5, 5.41) is 3.69. The smallest absolute Gasteiger partial charge is 0.142 e. The number of rotatable bonds is 6. The zero-order valence-electron chi connectivity index (χ0n) is 11.6. The molecule has 0 aliphatic heterocycles. The van der Waals surface area contributed by atoms with E-state index < -0.39 is 0 Å². The van der Waals surface area contributed by atoms with Gasteiger partial charge in [0.05, 0.1) is 5.02 Å². The molecule has 0 aliphatic carbocycles. The van der Waals surface area contributed by atoms with E-state index in [9.17, 15) is 4.39 Å². The van der Waals surface area contributed by atoms with Crippen LogP contribution in [-0.2, 0) is 6.42 Å². The van der Waals surface area contributed by atoms with Crippen molar-refractivity contribution in [3.8, 4) is 0 Å². The molecule has 1 nitrogen and oxygen atoms in total. The predicted molar refractivity (Wildman–Crippen MR) is 82.6 cm³/mol. The van der Waals surface area contributed by atoms with E-state index in [2.05, 4.69) is 24.4 Å². The highest BCUT2D eigenvalue weighted by Crippen LogP contribution is 2.21. The summed E-state index contributed by atoms with van der Waals surface area (Å²) in [6, 6.07) is 15.5. The molecule has 2 aromatic carbocycles. The molecule has 0 spiro atoms. The summed E-state index contributed by atoms with van der Waals surface area (Å²) in [6.07, 6.45) is 1.82. The summed E-state index contributed by atoms with van der Waals surface area (Å²) in [7, 11) is 0. The van der Waals surface area contributed by atoms with Crippen molar-refractivity contribution in [1.29, 1.82) is 0 Å². The first-order valence-corrected chi connectivity index (χ1v) is 7.30. The first-order chi connectivity index (χ1) is 9.70. The topological polar surface area (TPSA) is 12.0 Å². The van der Waals surface area contributed by atoms with Gasteiger partial charge in [-0.15, -0.1) is 0 Å². The molecule has 2 aromatic rings. The molecule has 0 bridgehead atoms. The molecule has 1 unspecified atom stereocenters. The van der Waals surface area contributed by atoms with Crippen LogP contribution < -0.4 is 5.32 Å². The van der Waals surface area contributed by atoms with Crippen LogP contribution in [0.15, 0.2) is 48.5 Å². The van der Waals surface area contributed by atoms with Crippen molar-refractivity contribution in [2.45, 2.75) is 25.8 Å². The fraction of sp³-hybridized carbons (Fsp3) is 0.294. The number of halogens is 2. The van der Waals surface area contributed by atoms with E-state index in [1.807, 2.05) is 24.3 Å². The molecule has 0 aromatic heterocycles. The normalized spacial score (nSPS) is 12.3. The van der Waals surface area contributed by atoms with Gasteiger partial charge in [-0.1, -0.05) is 54.9 Å². The fourth-order valence-corrected chi connectivity index (χ4v) is 2.33. The molecule has 3 heteroatoms. The second kappa shape index (κ2) is 7.41. The van der Waals surface area contributed by atoms with Gasteiger partial charge >= 0.3 is 0 Å². The highest BCUT2D eigenvalue weighted by molar-refractivity contribution is 6.30. The molecule has 0 saturated heterocycles. The molecule has 0 heterocycles. The van der Waals surface area contributed by atoms with Gasteiger partial charge in [0.15, 0.2) is 0 Å². The Bertz CT molecular complexity index is 542. The molecule has 1 atom stereocenters. The Morgan fingerprint density at radius 2 is 1.90 bits per heavy atom. The SMILES string of the molecule is CCCNC(Cc1ccc(Cl)c(F)c1)c1ccccc1. The molecule has 0 saturated carbocycles. The van der Waals surface area contributed by atoms with Crippen molar-refractivity contribution < 1.29 is 4.39 Å². The average Bonchev–Trinajstić information content (AvgIpc) is 2.48. The minimum Gasteiger partial charge on any atom is -0.310 e. The predicted octanol–water partition coefficient (Wildman–Crippen LogP) is 4.76. The highest BCUT2D eigenvalue weighted by atomic mass is 35.5. The molecular weight excluding hydrogens is 273 g/mol. The minimum atomic E-state index is -0.355. The Hall–Kier alpha value is -1.38. The molecule has 1 N–H and O–H groups in total. The van der Waals surface area contributed by atoms with E-state index in [1.54, 1.807) is 6.07 Å². The maximum Gasteiger partial charge on any atom is 0.142 e. The van der Waals surface area contributed by atoms with Crippen LogP contribution in [0.1, 0.15) is 30.5 Å². The van der Waals surface area contributed by atoms with Crippen LogP contribution in [-0.4, -0.2) is 6.54 Å². The summed E-state index contributed by atoms with van der Waals surface area (Å²) in [5.41, 5.74) is 2.17. The van der Waals surface area contributed by atoms with Gasteiger partial charge in [0.25, 0.3) is 0 Å². The zero-order valence-corrected chi connectivity index (χ0v) is 12.3. The number of nitrogens with one attached hydrogen (secondary N) is 1. The Morgan fingerprint density at radius 3 is 2.55 bits per heavy atom. The third kappa shape index (κ3) is 4.06.